The van der Waals surface area contributed by atoms with Gasteiger partial charge in [-0.25, -0.2) is 0 Å². The van der Waals surface area contributed by atoms with E-state index in [-0.39, 0.29) is 110 Å². The number of rotatable bonds is 0. The first-order valence-electron chi connectivity index (χ1n) is 0. The molecule has 0 spiro atoms. The van der Waals surface area contributed by atoms with E-state index < -0.39 is 0 Å². The van der Waals surface area contributed by atoms with E-state index in [1.165, 1.54) is 0 Å². The summed E-state index contributed by atoms with van der Waals surface area (Å²) in [6.07, 6.45) is 0. The van der Waals surface area contributed by atoms with Crippen molar-refractivity contribution in [3.05, 3.63) is 0 Å². The molecule has 0 aliphatic heterocycles. The first kappa shape index (κ1) is 26.1. The molecule has 0 amide bonds. The molecule has 0 aromatic carbocycles. The fourth-order valence-electron chi connectivity index (χ4n) is 0. The van der Waals surface area contributed by atoms with Gasteiger partial charge in [0, 0.05) is 35.6 Å². The third-order valence-electron chi connectivity index (χ3n) is 0. The van der Waals surface area contributed by atoms with E-state index in [0.717, 1.165) is 0 Å². The van der Waals surface area contributed by atoms with Crippen LogP contribution in [0.4, 0.5) is 0 Å². The molecule has 0 saturated heterocycles. The van der Waals surface area contributed by atoms with Crippen LogP contribution >= 0.6 is 0 Å². The Hall–Kier alpha value is 3.43. The van der Waals surface area contributed by atoms with Gasteiger partial charge in [-0.15, -0.1) is 0 Å². The van der Waals surface area contributed by atoms with Gasteiger partial charge >= 0.3 is 69.4 Å². The maximum atomic E-state index is 0. The molecule has 21 valence electrons. The summed E-state index contributed by atoms with van der Waals surface area (Å²) in [5, 5.41) is 0. The SMILES string of the molecule is O.[La].[SnH2].[SrH2]. The third kappa shape index (κ3) is 9.06. The van der Waals surface area contributed by atoms with Crippen LogP contribution in [0.1, 0.15) is 0 Å². The van der Waals surface area contributed by atoms with E-state index in [4.69, 9.17) is 0 Å². The molecule has 4 heavy (non-hydrogen) atoms. The fourth-order valence-corrected chi connectivity index (χ4v) is 0. The molecule has 0 aliphatic carbocycles. The van der Waals surface area contributed by atoms with Crippen molar-refractivity contribution < 1.29 is 41.1 Å². The van der Waals surface area contributed by atoms with Crippen LogP contribution in [0.25, 0.3) is 0 Å². The molecule has 0 aromatic rings. The summed E-state index contributed by atoms with van der Waals surface area (Å²) in [5.41, 5.74) is 0. The molecule has 1 nitrogen and oxygen atoms in total. The maximum absolute atomic E-state index is 0. The average Bonchev–Trinajstić information content (AvgIpc) is 0. The van der Waals surface area contributed by atoms with Crippen LogP contribution in [0.5, 0.6) is 0 Å². The Balaban J connectivity index is 0. The quantitative estimate of drug-likeness (QED) is 0.419. The zero-order valence-corrected chi connectivity index (χ0v) is 9.45. The number of hydrogen-bond donors (Lipinski definition) is 0. The Morgan fingerprint density at radius 1 is 1.00 bits per heavy atom. The molecular weight excluding hydrogens is 361 g/mol. The zero-order chi connectivity index (χ0) is 0. The predicted octanol–water partition coefficient (Wildman–Crippen LogP) is -2.66. The standard InChI is InChI=1S/La.H2O.Sn.Sr.4H/h;1H2;;;;;;. The van der Waals surface area contributed by atoms with Crippen molar-refractivity contribution in [2.45, 2.75) is 0 Å². The summed E-state index contributed by atoms with van der Waals surface area (Å²) >= 11 is 0. The second-order valence-corrected chi connectivity index (χ2v) is 0. The molecule has 0 rings (SSSR count). The van der Waals surface area contributed by atoms with Crippen LogP contribution in [0, 0.1) is 35.6 Å². The molecular formula is H6LaOSnSr. The van der Waals surface area contributed by atoms with E-state index in [2.05, 4.69) is 0 Å². The monoisotopic (exact) mass is 369 g/mol. The third-order valence-corrected chi connectivity index (χ3v) is 0. The molecule has 0 fully saturated rings. The molecule has 0 heterocycles. The van der Waals surface area contributed by atoms with Gasteiger partial charge in [-0.05, 0) is 0 Å². The minimum absolute atomic E-state index is 0. The van der Waals surface area contributed by atoms with Crippen molar-refractivity contribution >= 4 is 69.4 Å². The Morgan fingerprint density at radius 2 is 1.00 bits per heavy atom. The average molecular weight is 367 g/mol. The van der Waals surface area contributed by atoms with Crippen LogP contribution in [0.15, 0.2) is 0 Å². The first-order chi connectivity index (χ1) is 0. The van der Waals surface area contributed by atoms with E-state index >= 15 is 0 Å². The molecule has 0 saturated carbocycles. The first-order valence-corrected chi connectivity index (χ1v) is 0. The van der Waals surface area contributed by atoms with Crippen molar-refractivity contribution in [2.24, 2.45) is 0 Å². The summed E-state index contributed by atoms with van der Waals surface area (Å²) in [7, 11) is 0. The van der Waals surface area contributed by atoms with Gasteiger partial charge in [0.05, 0.1) is 0 Å². The summed E-state index contributed by atoms with van der Waals surface area (Å²) < 4.78 is 0. The van der Waals surface area contributed by atoms with Gasteiger partial charge in [-0.2, -0.15) is 0 Å². The predicted molar refractivity (Wildman–Crippen MR) is 20.7 cm³/mol. The Kier molecular flexibility index (Phi) is 105. The van der Waals surface area contributed by atoms with Crippen LogP contribution < -0.4 is 0 Å². The topological polar surface area (TPSA) is 31.5 Å². The van der Waals surface area contributed by atoms with Gasteiger partial charge in [-0.1, -0.05) is 0 Å². The van der Waals surface area contributed by atoms with Crippen LogP contribution in [-0.2, 0) is 0 Å². The van der Waals surface area contributed by atoms with Gasteiger partial charge in [0.1, 0.15) is 0 Å². The second kappa shape index (κ2) is 16.1. The van der Waals surface area contributed by atoms with Gasteiger partial charge in [0.25, 0.3) is 0 Å². The number of hydrogen-bond acceptors (Lipinski definition) is 0. The van der Waals surface area contributed by atoms with Crippen molar-refractivity contribution in [1.29, 1.82) is 0 Å². The second-order valence-electron chi connectivity index (χ2n) is 0. The zero-order valence-electron chi connectivity index (χ0n) is 1.78. The van der Waals surface area contributed by atoms with E-state index in [1.54, 1.807) is 0 Å². The summed E-state index contributed by atoms with van der Waals surface area (Å²) in [6, 6.07) is 0. The van der Waals surface area contributed by atoms with Gasteiger partial charge in [-0.3, -0.25) is 0 Å². The molecule has 0 atom stereocenters. The van der Waals surface area contributed by atoms with Gasteiger partial charge in [0.15, 0.2) is 0 Å². The molecule has 4 heteroatoms. The Labute approximate surface area is 107 Å². The van der Waals surface area contributed by atoms with Crippen molar-refractivity contribution in [3.8, 4) is 0 Å². The molecule has 0 aliphatic rings. The molecule has 2 N–H and O–H groups in total. The fraction of sp³-hybridized carbons (Fsp3) is 0. The Bertz CT molecular complexity index is 8.00. The van der Waals surface area contributed by atoms with Crippen molar-refractivity contribution in [1.82, 2.24) is 0 Å². The Morgan fingerprint density at radius 3 is 1.00 bits per heavy atom. The van der Waals surface area contributed by atoms with Gasteiger partial charge in [0.2, 0.25) is 0 Å². The summed E-state index contributed by atoms with van der Waals surface area (Å²) in [6.45, 7) is 0. The van der Waals surface area contributed by atoms with E-state index in [0.29, 0.717) is 0 Å². The van der Waals surface area contributed by atoms with Gasteiger partial charge < -0.3 is 5.48 Å². The molecule has 3 radical (unpaired) electrons. The van der Waals surface area contributed by atoms with E-state index in [1.807, 2.05) is 0 Å². The minimum atomic E-state index is 0. The van der Waals surface area contributed by atoms with Crippen LogP contribution in [0.3, 0.4) is 0 Å². The molecule has 0 aromatic heterocycles. The molecule has 0 unspecified atom stereocenters. The van der Waals surface area contributed by atoms with Crippen molar-refractivity contribution in [2.75, 3.05) is 0 Å². The van der Waals surface area contributed by atoms with E-state index in [9.17, 15) is 0 Å². The van der Waals surface area contributed by atoms with Crippen molar-refractivity contribution in [3.63, 3.8) is 0 Å². The molecule has 0 bridgehead atoms. The summed E-state index contributed by atoms with van der Waals surface area (Å²) in [5.74, 6) is 0. The summed E-state index contributed by atoms with van der Waals surface area (Å²) in [4.78, 5) is 0. The van der Waals surface area contributed by atoms with Crippen LogP contribution in [0.2, 0.25) is 0 Å². The van der Waals surface area contributed by atoms with Crippen LogP contribution in [-0.4, -0.2) is 74.9 Å². The normalized spacial score (nSPS) is 0.